The summed E-state index contributed by atoms with van der Waals surface area (Å²) in [5.41, 5.74) is 1.17. The second kappa shape index (κ2) is 14.2. The van der Waals surface area contributed by atoms with E-state index in [1.54, 1.807) is 7.11 Å². The van der Waals surface area contributed by atoms with Gasteiger partial charge in [-0.3, -0.25) is 4.79 Å². The number of nitrogens with zero attached hydrogens (tertiary/aromatic N) is 3. The van der Waals surface area contributed by atoms with E-state index < -0.39 is 41.6 Å². The van der Waals surface area contributed by atoms with E-state index in [1.165, 1.54) is 13.2 Å². The van der Waals surface area contributed by atoms with Gasteiger partial charge in [0, 0.05) is 45.0 Å². The summed E-state index contributed by atoms with van der Waals surface area (Å²) >= 11 is 0. The van der Waals surface area contributed by atoms with Crippen molar-refractivity contribution in [3.63, 3.8) is 0 Å². The number of aliphatic imine (C=N–C) groups is 1. The van der Waals surface area contributed by atoms with Crippen molar-refractivity contribution in [1.82, 2.24) is 15.5 Å². The molecule has 4 rings (SSSR count). The molecule has 1 saturated heterocycles. The summed E-state index contributed by atoms with van der Waals surface area (Å²) in [6.07, 6.45) is 1.81. The molecule has 0 spiro atoms. The lowest BCUT2D eigenvalue weighted by Gasteiger charge is -2.37. The number of hydrogen-bond acceptors (Lipinski definition) is 8. The fourth-order valence-corrected chi connectivity index (χ4v) is 5.28. The van der Waals surface area contributed by atoms with E-state index in [4.69, 9.17) is 14.2 Å². The minimum absolute atomic E-state index is 0.00998. The predicted octanol–water partition coefficient (Wildman–Crippen LogP) is 3.29. The van der Waals surface area contributed by atoms with Crippen LogP contribution in [0.2, 0.25) is 0 Å². The first-order chi connectivity index (χ1) is 20.3. The highest BCUT2D eigenvalue weighted by atomic mass is 19.2. The molecule has 1 unspecified atom stereocenters. The van der Waals surface area contributed by atoms with E-state index in [2.05, 4.69) is 20.5 Å². The van der Waals surface area contributed by atoms with Crippen LogP contribution in [0.15, 0.2) is 47.5 Å². The molecule has 2 aromatic carbocycles. The van der Waals surface area contributed by atoms with Gasteiger partial charge in [-0.25, -0.2) is 23.3 Å². The highest BCUT2D eigenvalue weighted by Crippen LogP contribution is 2.36. The Labute approximate surface area is 242 Å². The number of esters is 1. The molecule has 2 heterocycles. The maximum Gasteiger partial charge on any atom is 0.352 e. The molecule has 2 aliphatic heterocycles. The van der Waals surface area contributed by atoms with E-state index in [-0.39, 0.29) is 30.5 Å². The van der Waals surface area contributed by atoms with E-state index in [9.17, 15) is 23.2 Å². The smallest absolute Gasteiger partial charge is 0.352 e. The van der Waals surface area contributed by atoms with Crippen molar-refractivity contribution in [3.8, 4) is 5.75 Å². The second-order valence-electron chi connectivity index (χ2n) is 9.95. The van der Waals surface area contributed by atoms with Gasteiger partial charge in [-0.1, -0.05) is 6.07 Å². The van der Waals surface area contributed by atoms with Crippen molar-refractivity contribution in [2.45, 2.75) is 24.9 Å². The summed E-state index contributed by atoms with van der Waals surface area (Å²) in [6.45, 7) is 2.12. The number of anilines is 1. The molecule has 2 atom stereocenters. The number of ether oxygens (including phenoxy) is 3. The maximum atomic E-state index is 14.2. The monoisotopic (exact) mass is 587 g/mol. The number of amides is 4. The molecular weight excluding hydrogens is 552 g/mol. The zero-order valence-electron chi connectivity index (χ0n) is 23.8. The first-order valence-electron chi connectivity index (χ1n) is 13.6. The molecule has 0 radical (unpaired) electrons. The topological polar surface area (TPSA) is 122 Å². The molecule has 2 aromatic rings. The molecule has 226 valence electrons. The van der Waals surface area contributed by atoms with E-state index >= 15 is 0 Å². The average molecular weight is 588 g/mol. The second-order valence-corrected chi connectivity index (χ2v) is 9.95. The van der Waals surface area contributed by atoms with Gasteiger partial charge >= 0.3 is 18.0 Å². The molecule has 0 saturated carbocycles. The van der Waals surface area contributed by atoms with Crippen LogP contribution in [0.1, 0.15) is 24.4 Å². The van der Waals surface area contributed by atoms with Crippen molar-refractivity contribution >= 4 is 29.4 Å². The van der Waals surface area contributed by atoms with Gasteiger partial charge in [0.2, 0.25) is 0 Å². The standard InChI is InChI=1S/C29H35F2N5O6/c1-40-17-24-25(27(37)42-3)26(18-4-9-22(30)23(31)16-18)36(29(39)34-24)28(38)33-13-12-32-19-10-14-35(15-11-19)20-5-7-21(41-2)8-6-20/h4-9,16,19,25-26,32H,10-15,17H2,1-3H3,(H,33,38)/t25?,26-/m0/s1. The number of benzene rings is 2. The number of piperidine rings is 1. The van der Waals surface area contributed by atoms with Crippen LogP contribution >= 0.6 is 0 Å². The number of carbonyl (C=O) groups excluding carboxylic acids is 3. The highest BCUT2D eigenvalue weighted by Gasteiger charge is 2.47. The van der Waals surface area contributed by atoms with Gasteiger partial charge in [-0.2, -0.15) is 4.99 Å². The van der Waals surface area contributed by atoms with Crippen LogP contribution in [-0.4, -0.2) is 88.8 Å². The zero-order chi connectivity index (χ0) is 30.2. The Balaban J connectivity index is 1.39. The van der Waals surface area contributed by atoms with Gasteiger partial charge in [-0.05, 0) is 54.8 Å². The lowest BCUT2D eigenvalue weighted by atomic mass is 9.86. The van der Waals surface area contributed by atoms with Crippen LogP contribution in [0.3, 0.4) is 0 Å². The third-order valence-corrected chi connectivity index (χ3v) is 7.42. The molecule has 13 heteroatoms. The first kappa shape index (κ1) is 30.8. The number of hydrogen-bond donors (Lipinski definition) is 2. The number of halogens is 2. The zero-order valence-corrected chi connectivity index (χ0v) is 23.8. The SMILES string of the molecule is COCC1=NC(=O)N(C(=O)NCCNC2CCN(c3ccc(OC)cc3)CC2)[C@@H](c2ccc(F)c(F)c2)C1C(=O)OC. The van der Waals surface area contributed by atoms with Crippen LogP contribution in [-0.2, 0) is 14.3 Å². The predicted molar refractivity (Wildman–Crippen MR) is 151 cm³/mol. The fourth-order valence-electron chi connectivity index (χ4n) is 5.28. The van der Waals surface area contributed by atoms with Gasteiger partial charge in [0.25, 0.3) is 0 Å². The third-order valence-electron chi connectivity index (χ3n) is 7.42. The van der Waals surface area contributed by atoms with Crippen LogP contribution in [0.25, 0.3) is 0 Å². The van der Waals surface area contributed by atoms with Crippen LogP contribution in [0.4, 0.5) is 24.1 Å². The quantitative estimate of drug-likeness (QED) is 0.321. The maximum absolute atomic E-state index is 14.2. The number of carbonyl (C=O) groups is 3. The number of rotatable bonds is 10. The van der Waals surface area contributed by atoms with Gasteiger partial charge in [0.15, 0.2) is 11.6 Å². The molecule has 0 aromatic heterocycles. The van der Waals surface area contributed by atoms with Gasteiger partial charge in [-0.15, -0.1) is 0 Å². The van der Waals surface area contributed by atoms with E-state index in [0.717, 1.165) is 61.5 Å². The number of imide groups is 1. The number of methoxy groups -OCH3 is 3. The molecule has 42 heavy (non-hydrogen) atoms. The van der Waals surface area contributed by atoms with Crippen LogP contribution in [0, 0.1) is 17.6 Å². The van der Waals surface area contributed by atoms with Gasteiger partial charge in [0.05, 0.1) is 32.6 Å². The fraction of sp³-hybridized carbons (Fsp3) is 0.448. The average Bonchev–Trinajstić information content (AvgIpc) is 3.00. The summed E-state index contributed by atoms with van der Waals surface area (Å²) in [4.78, 5) is 46.1. The molecular formula is C29H35F2N5O6. The Bertz CT molecular complexity index is 1300. The number of urea groups is 2. The molecule has 2 aliphatic rings. The van der Waals surface area contributed by atoms with E-state index in [1.807, 2.05) is 24.3 Å². The lowest BCUT2D eigenvalue weighted by molar-refractivity contribution is -0.144. The minimum atomic E-state index is -1.34. The van der Waals surface area contributed by atoms with Crippen molar-refractivity contribution in [1.29, 1.82) is 0 Å². The summed E-state index contributed by atoms with van der Waals surface area (Å²) < 4.78 is 43.2. The Morgan fingerprint density at radius 3 is 2.33 bits per heavy atom. The molecule has 0 bridgehead atoms. The normalized spacial score (nSPS) is 19.4. The summed E-state index contributed by atoms with van der Waals surface area (Å²) in [6, 6.07) is 7.97. The molecule has 1 fully saturated rings. The van der Waals surface area contributed by atoms with Crippen molar-refractivity contribution in [3.05, 3.63) is 59.7 Å². The Kier molecular flexibility index (Phi) is 10.4. The van der Waals surface area contributed by atoms with Crippen molar-refractivity contribution < 1.29 is 37.4 Å². The van der Waals surface area contributed by atoms with Gasteiger partial charge < -0.3 is 29.7 Å². The van der Waals surface area contributed by atoms with Crippen molar-refractivity contribution in [2.75, 3.05) is 59.0 Å². The first-order valence-corrected chi connectivity index (χ1v) is 13.6. The van der Waals surface area contributed by atoms with Crippen LogP contribution in [0.5, 0.6) is 5.75 Å². The van der Waals surface area contributed by atoms with E-state index in [0.29, 0.717) is 6.54 Å². The molecule has 11 nitrogen and oxygen atoms in total. The molecule has 2 N–H and O–H groups in total. The Hall–Kier alpha value is -4.10. The highest BCUT2D eigenvalue weighted by molar-refractivity contribution is 6.12. The van der Waals surface area contributed by atoms with Crippen molar-refractivity contribution in [2.24, 2.45) is 10.9 Å². The third kappa shape index (κ3) is 7.02. The summed E-state index contributed by atoms with van der Waals surface area (Å²) in [5.74, 6) is -3.59. The minimum Gasteiger partial charge on any atom is -0.497 e. The Morgan fingerprint density at radius 1 is 1.00 bits per heavy atom. The van der Waals surface area contributed by atoms with Crippen LogP contribution < -0.4 is 20.3 Å². The summed E-state index contributed by atoms with van der Waals surface area (Å²) in [7, 11) is 4.13. The molecule has 0 aliphatic carbocycles. The lowest BCUT2D eigenvalue weighted by Crippen LogP contribution is -2.54. The number of nitrogens with one attached hydrogen (secondary N) is 2. The largest absolute Gasteiger partial charge is 0.497 e. The molecule has 4 amide bonds. The Morgan fingerprint density at radius 2 is 1.71 bits per heavy atom. The summed E-state index contributed by atoms with van der Waals surface area (Å²) in [5, 5.41) is 6.10. The van der Waals surface area contributed by atoms with Gasteiger partial charge in [0.1, 0.15) is 11.7 Å².